The van der Waals surface area contributed by atoms with E-state index >= 15 is 0 Å². The van der Waals surface area contributed by atoms with E-state index in [0.717, 1.165) is 40.3 Å². The van der Waals surface area contributed by atoms with Gasteiger partial charge in [-0.3, -0.25) is 4.79 Å². The Balaban J connectivity index is 1.39. The first kappa shape index (κ1) is 22.2. The molecule has 0 radical (unpaired) electrons. The van der Waals surface area contributed by atoms with Gasteiger partial charge in [-0.05, 0) is 67.3 Å². The molecule has 34 heavy (non-hydrogen) atoms. The van der Waals surface area contributed by atoms with Crippen molar-refractivity contribution in [2.45, 2.75) is 46.1 Å². The lowest BCUT2D eigenvalue weighted by Crippen LogP contribution is -2.24. The molecule has 174 valence electrons. The summed E-state index contributed by atoms with van der Waals surface area (Å²) in [6.45, 7) is 8.15. The van der Waals surface area contributed by atoms with Crippen LogP contribution in [-0.4, -0.2) is 28.6 Å². The normalized spacial score (nSPS) is 15.9. The van der Waals surface area contributed by atoms with Crippen LogP contribution in [-0.2, 0) is 17.8 Å². The summed E-state index contributed by atoms with van der Waals surface area (Å²) in [6, 6.07) is 22.8. The van der Waals surface area contributed by atoms with E-state index in [1.165, 1.54) is 11.1 Å². The van der Waals surface area contributed by atoms with Crippen molar-refractivity contribution in [3.05, 3.63) is 89.2 Å². The Morgan fingerprint density at radius 1 is 1.03 bits per heavy atom. The van der Waals surface area contributed by atoms with Gasteiger partial charge in [0.15, 0.2) is 0 Å². The Morgan fingerprint density at radius 3 is 2.62 bits per heavy atom. The van der Waals surface area contributed by atoms with Gasteiger partial charge in [-0.1, -0.05) is 43.3 Å². The Hall–Kier alpha value is -3.60. The highest BCUT2D eigenvalue weighted by Crippen LogP contribution is 2.33. The van der Waals surface area contributed by atoms with Crippen LogP contribution in [0.5, 0.6) is 5.75 Å². The van der Waals surface area contributed by atoms with E-state index < -0.39 is 0 Å². The van der Waals surface area contributed by atoms with Gasteiger partial charge < -0.3 is 14.2 Å². The number of nitrogens with zero attached hydrogens (tertiary/aromatic N) is 3. The number of benzene rings is 3. The SMILES string of the molecule is CCc1ccc(N2CC(c3nc4ccccc4n3CCOc3cc(C)ccc3C)CC2=O)cc1. The zero-order valence-electron chi connectivity index (χ0n) is 20.1. The number of hydrogen-bond donors (Lipinski definition) is 0. The molecule has 1 unspecified atom stereocenters. The number of para-hydroxylation sites is 2. The molecule has 1 atom stereocenters. The van der Waals surface area contributed by atoms with Crippen LogP contribution in [0.25, 0.3) is 11.0 Å². The van der Waals surface area contributed by atoms with E-state index in [9.17, 15) is 4.79 Å². The lowest BCUT2D eigenvalue weighted by Gasteiger charge is -2.18. The summed E-state index contributed by atoms with van der Waals surface area (Å²) in [5.41, 5.74) is 6.60. The van der Waals surface area contributed by atoms with E-state index in [1.54, 1.807) is 0 Å². The topological polar surface area (TPSA) is 47.4 Å². The number of carbonyl (C=O) groups is 1. The number of aryl methyl sites for hydroxylation is 3. The standard InChI is InChI=1S/C29H31N3O2/c1-4-22-11-13-24(14-12-22)32-19-23(18-28(32)33)29-30-25-7-5-6-8-26(25)31(29)15-16-34-27-17-20(2)9-10-21(27)3/h5-14,17,23H,4,15-16,18-19H2,1-3H3. The summed E-state index contributed by atoms with van der Waals surface area (Å²) >= 11 is 0. The summed E-state index contributed by atoms with van der Waals surface area (Å²) < 4.78 is 8.40. The highest BCUT2D eigenvalue weighted by molar-refractivity contribution is 5.96. The lowest BCUT2D eigenvalue weighted by molar-refractivity contribution is -0.117. The fraction of sp³-hybridized carbons (Fsp3) is 0.310. The molecule has 5 heteroatoms. The number of anilines is 1. The van der Waals surface area contributed by atoms with Crippen LogP contribution in [0.4, 0.5) is 5.69 Å². The highest BCUT2D eigenvalue weighted by Gasteiger charge is 2.34. The molecule has 4 aromatic rings. The molecular formula is C29H31N3O2. The summed E-state index contributed by atoms with van der Waals surface area (Å²) in [5.74, 6) is 2.08. The second kappa shape index (κ2) is 9.34. The minimum atomic E-state index is 0.0476. The first-order valence-corrected chi connectivity index (χ1v) is 12.1. The molecule has 3 aromatic carbocycles. The molecule has 5 rings (SSSR count). The van der Waals surface area contributed by atoms with Gasteiger partial charge in [0.05, 0.1) is 17.6 Å². The molecule has 1 aromatic heterocycles. The Kier molecular flexibility index (Phi) is 6.10. The van der Waals surface area contributed by atoms with Crippen LogP contribution < -0.4 is 9.64 Å². The highest BCUT2D eigenvalue weighted by atomic mass is 16.5. The van der Waals surface area contributed by atoms with Crippen LogP contribution in [0.1, 0.15) is 41.8 Å². The number of rotatable bonds is 7. The fourth-order valence-electron chi connectivity index (χ4n) is 4.79. The molecule has 0 N–H and O–H groups in total. The Morgan fingerprint density at radius 2 is 1.82 bits per heavy atom. The van der Waals surface area contributed by atoms with Gasteiger partial charge >= 0.3 is 0 Å². The molecule has 0 aliphatic carbocycles. The second-order valence-electron chi connectivity index (χ2n) is 9.15. The molecule has 1 aliphatic rings. The van der Waals surface area contributed by atoms with E-state index in [4.69, 9.17) is 9.72 Å². The largest absolute Gasteiger partial charge is 0.491 e. The molecule has 0 saturated carbocycles. The van der Waals surface area contributed by atoms with Crippen molar-refractivity contribution in [2.75, 3.05) is 18.1 Å². The molecule has 5 nitrogen and oxygen atoms in total. The summed E-state index contributed by atoms with van der Waals surface area (Å²) in [5, 5.41) is 0. The number of amides is 1. The van der Waals surface area contributed by atoms with Crippen molar-refractivity contribution in [3.63, 3.8) is 0 Å². The van der Waals surface area contributed by atoms with Crippen molar-refractivity contribution in [3.8, 4) is 5.75 Å². The first-order valence-electron chi connectivity index (χ1n) is 12.1. The van der Waals surface area contributed by atoms with Gasteiger partial charge in [-0.2, -0.15) is 0 Å². The molecule has 1 aliphatic heterocycles. The second-order valence-corrected chi connectivity index (χ2v) is 9.15. The van der Waals surface area contributed by atoms with Gasteiger partial charge in [0.2, 0.25) is 5.91 Å². The zero-order chi connectivity index (χ0) is 23.7. The number of aromatic nitrogens is 2. The van der Waals surface area contributed by atoms with Crippen molar-refractivity contribution >= 4 is 22.6 Å². The predicted molar refractivity (Wildman–Crippen MR) is 137 cm³/mol. The zero-order valence-corrected chi connectivity index (χ0v) is 20.1. The van der Waals surface area contributed by atoms with E-state index in [2.05, 4.69) is 73.9 Å². The number of hydrogen-bond acceptors (Lipinski definition) is 3. The summed E-state index contributed by atoms with van der Waals surface area (Å²) in [4.78, 5) is 19.8. The maximum absolute atomic E-state index is 13.0. The minimum Gasteiger partial charge on any atom is -0.491 e. The average Bonchev–Trinajstić information content (AvgIpc) is 3.42. The van der Waals surface area contributed by atoms with Crippen LogP contribution >= 0.6 is 0 Å². The number of ether oxygens (including phenoxy) is 1. The molecule has 2 heterocycles. The van der Waals surface area contributed by atoms with Gasteiger partial charge in [0.25, 0.3) is 0 Å². The molecule has 0 bridgehead atoms. The predicted octanol–water partition coefficient (Wildman–Crippen LogP) is 5.82. The van der Waals surface area contributed by atoms with Crippen molar-refractivity contribution in [2.24, 2.45) is 0 Å². The third-order valence-corrected chi connectivity index (χ3v) is 6.75. The number of carbonyl (C=O) groups excluding carboxylic acids is 1. The molecular weight excluding hydrogens is 422 g/mol. The molecule has 1 saturated heterocycles. The minimum absolute atomic E-state index is 0.0476. The maximum atomic E-state index is 13.0. The Labute approximate surface area is 201 Å². The van der Waals surface area contributed by atoms with Crippen molar-refractivity contribution < 1.29 is 9.53 Å². The monoisotopic (exact) mass is 453 g/mol. The third-order valence-electron chi connectivity index (χ3n) is 6.75. The number of fused-ring (bicyclic) bond motifs is 1. The molecule has 1 fully saturated rings. The van der Waals surface area contributed by atoms with E-state index in [0.29, 0.717) is 26.1 Å². The fourth-order valence-corrected chi connectivity index (χ4v) is 4.79. The lowest BCUT2D eigenvalue weighted by atomic mass is 10.1. The van der Waals surface area contributed by atoms with Gasteiger partial charge in [-0.25, -0.2) is 4.98 Å². The van der Waals surface area contributed by atoms with E-state index in [-0.39, 0.29) is 11.8 Å². The quantitative estimate of drug-likeness (QED) is 0.354. The van der Waals surface area contributed by atoms with Gasteiger partial charge in [0, 0.05) is 24.6 Å². The smallest absolute Gasteiger partial charge is 0.227 e. The summed E-state index contributed by atoms with van der Waals surface area (Å²) in [7, 11) is 0. The summed E-state index contributed by atoms with van der Waals surface area (Å²) in [6.07, 6.45) is 1.46. The van der Waals surface area contributed by atoms with Crippen LogP contribution in [0.3, 0.4) is 0 Å². The maximum Gasteiger partial charge on any atom is 0.227 e. The third kappa shape index (κ3) is 4.30. The molecule has 0 spiro atoms. The Bertz CT molecular complexity index is 1320. The van der Waals surface area contributed by atoms with Crippen molar-refractivity contribution in [1.82, 2.24) is 9.55 Å². The van der Waals surface area contributed by atoms with Gasteiger partial charge in [0.1, 0.15) is 18.2 Å². The van der Waals surface area contributed by atoms with Crippen LogP contribution in [0.2, 0.25) is 0 Å². The number of imidazole rings is 1. The van der Waals surface area contributed by atoms with Crippen LogP contribution in [0.15, 0.2) is 66.7 Å². The first-order chi connectivity index (χ1) is 16.5. The van der Waals surface area contributed by atoms with Gasteiger partial charge in [-0.15, -0.1) is 0 Å². The van der Waals surface area contributed by atoms with Crippen molar-refractivity contribution in [1.29, 1.82) is 0 Å². The van der Waals surface area contributed by atoms with E-state index in [1.807, 2.05) is 23.1 Å². The molecule has 1 amide bonds. The average molecular weight is 454 g/mol. The van der Waals surface area contributed by atoms with Crippen LogP contribution in [0, 0.1) is 13.8 Å².